The molecule has 0 saturated heterocycles. The van der Waals surface area contributed by atoms with Gasteiger partial charge in [0.15, 0.2) is 5.96 Å². The Morgan fingerprint density at radius 1 is 1.19 bits per heavy atom. The normalized spacial score (nSPS) is 11.3. The minimum Gasteiger partial charge on any atom is -0.356 e. The van der Waals surface area contributed by atoms with Gasteiger partial charge in [-0.05, 0) is 44.0 Å². The molecule has 7 nitrogen and oxygen atoms in total. The molecule has 1 amide bonds. The summed E-state index contributed by atoms with van der Waals surface area (Å²) < 4.78 is 2.03. The van der Waals surface area contributed by atoms with Crippen molar-refractivity contribution in [2.75, 3.05) is 20.6 Å². The summed E-state index contributed by atoms with van der Waals surface area (Å²) in [6, 6.07) is 9.60. The van der Waals surface area contributed by atoms with Crippen LogP contribution in [0.3, 0.4) is 0 Å². The summed E-state index contributed by atoms with van der Waals surface area (Å²) in [5, 5.41) is 13.7. The summed E-state index contributed by atoms with van der Waals surface area (Å²) in [6.07, 6.45) is 0.962. The third-order valence-electron chi connectivity index (χ3n) is 4.07. The first-order valence-corrected chi connectivity index (χ1v) is 8.80. The quantitative estimate of drug-likeness (QED) is 0.400. The van der Waals surface area contributed by atoms with Crippen molar-refractivity contribution in [3.8, 4) is 0 Å². The fourth-order valence-corrected chi connectivity index (χ4v) is 2.66. The van der Waals surface area contributed by atoms with E-state index < -0.39 is 0 Å². The van der Waals surface area contributed by atoms with Gasteiger partial charge in [0.2, 0.25) is 0 Å². The molecule has 0 atom stereocenters. The van der Waals surface area contributed by atoms with Crippen molar-refractivity contribution < 1.29 is 4.79 Å². The Labute approximate surface area is 154 Å². The van der Waals surface area contributed by atoms with Crippen molar-refractivity contribution in [3.63, 3.8) is 0 Å². The molecule has 1 heterocycles. The average molecular weight is 356 g/mol. The second kappa shape index (κ2) is 9.60. The van der Waals surface area contributed by atoms with Crippen LogP contribution >= 0.6 is 0 Å². The van der Waals surface area contributed by atoms with Crippen LogP contribution in [-0.2, 0) is 13.1 Å². The summed E-state index contributed by atoms with van der Waals surface area (Å²) in [5.41, 5.74) is 3.98. The molecule has 0 aliphatic rings. The van der Waals surface area contributed by atoms with Crippen molar-refractivity contribution in [1.82, 2.24) is 25.7 Å². The number of aliphatic imine (C=N–C) groups is 1. The molecule has 0 saturated carbocycles. The SMILES string of the molecule is CN=C(NCCCn1nc(C)cc1C)NCc1ccc(C(=O)NC)cc1. The smallest absolute Gasteiger partial charge is 0.251 e. The van der Waals surface area contributed by atoms with Gasteiger partial charge in [-0.1, -0.05) is 12.1 Å². The molecule has 1 aromatic carbocycles. The fraction of sp³-hybridized carbons (Fsp3) is 0.421. The van der Waals surface area contributed by atoms with Gasteiger partial charge in [-0.3, -0.25) is 14.5 Å². The number of nitrogens with one attached hydrogen (secondary N) is 3. The molecule has 7 heteroatoms. The Morgan fingerprint density at radius 3 is 2.50 bits per heavy atom. The molecule has 0 spiro atoms. The Kier molecular flexibility index (Phi) is 7.20. The number of guanidine groups is 1. The van der Waals surface area contributed by atoms with E-state index in [0.717, 1.165) is 36.7 Å². The third-order valence-corrected chi connectivity index (χ3v) is 4.07. The van der Waals surface area contributed by atoms with E-state index >= 15 is 0 Å². The van der Waals surface area contributed by atoms with Crippen LogP contribution in [0.1, 0.15) is 33.7 Å². The molecule has 0 radical (unpaired) electrons. The van der Waals surface area contributed by atoms with Gasteiger partial charge in [-0.25, -0.2) is 0 Å². The Hall–Kier alpha value is -2.83. The lowest BCUT2D eigenvalue weighted by atomic mass is 10.1. The highest BCUT2D eigenvalue weighted by atomic mass is 16.1. The highest BCUT2D eigenvalue weighted by Gasteiger charge is 2.04. The lowest BCUT2D eigenvalue weighted by Crippen LogP contribution is -2.37. The Bertz CT molecular complexity index is 748. The van der Waals surface area contributed by atoms with Gasteiger partial charge in [0.25, 0.3) is 5.91 Å². The summed E-state index contributed by atoms with van der Waals surface area (Å²) in [6.45, 7) is 6.42. The number of nitrogens with zero attached hydrogens (tertiary/aromatic N) is 3. The molecular formula is C19H28N6O. The van der Waals surface area contributed by atoms with Gasteiger partial charge < -0.3 is 16.0 Å². The van der Waals surface area contributed by atoms with Gasteiger partial charge in [-0.2, -0.15) is 5.10 Å². The maximum absolute atomic E-state index is 11.5. The summed E-state index contributed by atoms with van der Waals surface area (Å²) >= 11 is 0. The molecule has 3 N–H and O–H groups in total. The molecule has 140 valence electrons. The zero-order chi connectivity index (χ0) is 18.9. The van der Waals surface area contributed by atoms with Crippen LogP contribution in [0.15, 0.2) is 35.3 Å². The molecule has 2 rings (SSSR count). The minimum atomic E-state index is -0.0791. The molecule has 0 aliphatic heterocycles. The number of aryl methyl sites for hydroxylation is 3. The predicted molar refractivity (Wildman–Crippen MR) is 104 cm³/mol. The van der Waals surface area contributed by atoms with Crippen molar-refractivity contribution >= 4 is 11.9 Å². The van der Waals surface area contributed by atoms with Crippen molar-refractivity contribution in [1.29, 1.82) is 0 Å². The zero-order valence-corrected chi connectivity index (χ0v) is 16.0. The zero-order valence-electron chi connectivity index (χ0n) is 16.0. The van der Waals surface area contributed by atoms with Gasteiger partial charge in [-0.15, -0.1) is 0 Å². The van der Waals surface area contributed by atoms with Gasteiger partial charge in [0, 0.05) is 45.0 Å². The van der Waals surface area contributed by atoms with Crippen LogP contribution in [0.4, 0.5) is 0 Å². The number of hydrogen-bond acceptors (Lipinski definition) is 3. The highest BCUT2D eigenvalue weighted by Crippen LogP contribution is 2.04. The van der Waals surface area contributed by atoms with E-state index in [1.165, 1.54) is 5.69 Å². The topological polar surface area (TPSA) is 83.3 Å². The van der Waals surface area contributed by atoms with E-state index in [1.54, 1.807) is 14.1 Å². The van der Waals surface area contributed by atoms with Crippen molar-refractivity contribution in [3.05, 3.63) is 52.8 Å². The summed E-state index contributed by atoms with van der Waals surface area (Å²) in [4.78, 5) is 15.8. The fourth-order valence-electron chi connectivity index (χ4n) is 2.66. The average Bonchev–Trinajstić information content (AvgIpc) is 2.98. The van der Waals surface area contributed by atoms with Crippen molar-refractivity contribution in [2.45, 2.75) is 33.4 Å². The number of benzene rings is 1. The first-order chi connectivity index (χ1) is 12.5. The Balaban J connectivity index is 1.73. The van der Waals surface area contributed by atoms with Crippen LogP contribution in [0, 0.1) is 13.8 Å². The minimum absolute atomic E-state index is 0.0791. The maximum atomic E-state index is 11.5. The van der Waals surface area contributed by atoms with Crippen LogP contribution in [-0.4, -0.2) is 42.3 Å². The van der Waals surface area contributed by atoms with Gasteiger partial charge >= 0.3 is 0 Å². The second-order valence-corrected chi connectivity index (χ2v) is 6.13. The molecule has 0 aliphatic carbocycles. The monoisotopic (exact) mass is 356 g/mol. The highest BCUT2D eigenvalue weighted by molar-refractivity contribution is 5.93. The van der Waals surface area contributed by atoms with E-state index in [9.17, 15) is 4.79 Å². The molecule has 1 aromatic heterocycles. The molecule has 0 unspecified atom stereocenters. The third kappa shape index (κ3) is 5.61. The molecule has 26 heavy (non-hydrogen) atoms. The van der Waals surface area contributed by atoms with E-state index in [4.69, 9.17) is 0 Å². The van der Waals surface area contributed by atoms with Gasteiger partial charge in [0.1, 0.15) is 0 Å². The number of hydrogen-bond donors (Lipinski definition) is 3. The summed E-state index contributed by atoms with van der Waals surface area (Å²) in [5.74, 6) is 0.679. The van der Waals surface area contributed by atoms with Crippen LogP contribution in [0.2, 0.25) is 0 Å². The standard InChI is InChI=1S/C19H28N6O/c1-14-12-15(2)25(24-14)11-5-10-22-19(21-4)23-13-16-6-8-17(9-7-16)18(26)20-3/h6-9,12H,5,10-11,13H2,1-4H3,(H,20,26)(H2,21,22,23). The molecule has 2 aromatic rings. The van der Waals surface area contributed by atoms with E-state index in [-0.39, 0.29) is 5.91 Å². The lowest BCUT2D eigenvalue weighted by Gasteiger charge is -2.12. The largest absolute Gasteiger partial charge is 0.356 e. The number of aromatic nitrogens is 2. The van der Waals surface area contributed by atoms with E-state index in [2.05, 4.69) is 39.0 Å². The number of carbonyl (C=O) groups is 1. The second-order valence-electron chi connectivity index (χ2n) is 6.13. The molecular weight excluding hydrogens is 328 g/mol. The number of rotatable bonds is 7. The number of amides is 1. The summed E-state index contributed by atoms with van der Waals surface area (Å²) in [7, 11) is 3.38. The van der Waals surface area contributed by atoms with Gasteiger partial charge in [0.05, 0.1) is 5.69 Å². The first-order valence-electron chi connectivity index (χ1n) is 8.80. The molecule has 0 fully saturated rings. The Morgan fingerprint density at radius 2 is 1.92 bits per heavy atom. The van der Waals surface area contributed by atoms with Crippen LogP contribution in [0.5, 0.6) is 0 Å². The van der Waals surface area contributed by atoms with Crippen LogP contribution < -0.4 is 16.0 Å². The first kappa shape index (κ1) is 19.5. The van der Waals surface area contributed by atoms with E-state index in [0.29, 0.717) is 12.1 Å². The van der Waals surface area contributed by atoms with E-state index in [1.807, 2.05) is 35.9 Å². The number of carbonyl (C=O) groups excluding carboxylic acids is 1. The predicted octanol–water partition coefficient (Wildman–Crippen LogP) is 1.61. The maximum Gasteiger partial charge on any atom is 0.251 e. The molecule has 0 bridgehead atoms. The van der Waals surface area contributed by atoms with Crippen molar-refractivity contribution in [2.24, 2.45) is 4.99 Å². The lowest BCUT2D eigenvalue weighted by molar-refractivity contribution is 0.0963. The van der Waals surface area contributed by atoms with Crippen LogP contribution in [0.25, 0.3) is 0 Å².